The van der Waals surface area contributed by atoms with Gasteiger partial charge in [0.15, 0.2) is 0 Å². The Morgan fingerprint density at radius 2 is 1.89 bits per heavy atom. The van der Waals surface area contributed by atoms with Crippen molar-refractivity contribution in [3.05, 3.63) is 12.7 Å². The number of hydrogen-bond acceptors (Lipinski definition) is 2. The molecule has 0 amide bonds. The number of nitrogens with two attached hydrogens (primary N) is 1. The zero-order chi connectivity index (χ0) is 12.5. The highest BCUT2D eigenvalue weighted by Gasteiger charge is 2.66. The highest BCUT2D eigenvalue weighted by atomic mass is 15.2. The van der Waals surface area contributed by atoms with E-state index in [0.717, 1.165) is 29.6 Å². The smallest absolute Gasteiger partial charge is 0.0244 e. The summed E-state index contributed by atoms with van der Waals surface area (Å²) >= 11 is 0. The van der Waals surface area contributed by atoms with Gasteiger partial charge in [-0.3, -0.25) is 11.3 Å². The first kappa shape index (κ1) is 12.7. The van der Waals surface area contributed by atoms with Gasteiger partial charge in [-0.25, -0.2) is 0 Å². The van der Waals surface area contributed by atoms with Gasteiger partial charge in [0.25, 0.3) is 0 Å². The minimum Gasteiger partial charge on any atom is -0.271 e. The number of rotatable bonds is 8. The Morgan fingerprint density at radius 1 is 1.17 bits per heavy atom. The summed E-state index contributed by atoms with van der Waals surface area (Å²) < 4.78 is 0. The maximum absolute atomic E-state index is 5.80. The van der Waals surface area contributed by atoms with E-state index in [1.54, 1.807) is 6.42 Å². The van der Waals surface area contributed by atoms with Gasteiger partial charge in [0.1, 0.15) is 0 Å². The lowest BCUT2D eigenvalue weighted by atomic mass is 9.94. The summed E-state index contributed by atoms with van der Waals surface area (Å²) in [6.45, 7) is 3.78. The summed E-state index contributed by atoms with van der Waals surface area (Å²) in [5.74, 6) is 11.0. The van der Waals surface area contributed by atoms with Gasteiger partial charge < -0.3 is 0 Å². The zero-order valence-corrected chi connectivity index (χ0v) is 11.5. The van der Waals surface area contributed by atoms with Crippen molar-refractivity contribution in [3.63, 3.8) is 0 Å². The van der Waals surface area contributed by atoms with Crippen molar-refractivity contribution in [2.75, 3.05) is 0 Å². The third kappa shape index (κ3) is 2.14. The fourth-order valence-corrected chi connectivity index (χ4v) is 5.15. The van der Waals surface area contributed by atoms with Crippen molar-refractivity contribution < 1.29 is 0 Å². The summed E-state index contributed by atoms with van der Waals surface area (Å²) in [6.07, 6.45) is 13.0. The van der Waals surface area contributed by atoms with Gasteiger partial charge in [0, 0.05) is 6.04 Å². The molecule has 5 atom stereocenters. The van der Waals surface area contributed by atoms with E-state index in [0.29, 0.717) is 6.04 Å². The average Bonchev–Trinajstić information content (AvgIpc) is 2.81. The van der Waals surface area contributed by atoms with Crippen LogP contribution in [0.2, 0.25) is 0 Å². The van der Waals surface area contributed by atoms with Crippen LogP contribution in [0.1, 0.15) is 51.4 Å². The second-order valence-electron chi connectivity index (χ2n) is 6.77. The highest BCUT2D eigenvalue weighted by Crippen LogP contribution is 2.70. The molecule has 18 heavy (non-hydrogen) atoms. The second kappa shape index (κ2) is 5.34. The fourth-order valence-electron chi connectivity index (χ4n) is 5.15. The molecule has 2 nitrogen and oxygen atoms in total. The molecule has 3 saturated carbocycles. The van der Waals surface area contributed by atoms with Crippen molar-refractivity contribution in [3.8, 4) is 0 Å². The molecule has 5 unspecified atom stereocenters. The molecule has 3 aliphatic rings. The van der Waals surface area contributed by atoms with E-state index in [1.165, 1.54) is 44.9 Å². The summed E-state index contributed by atoms with van der Waals surface area (Å²) in [5.41, 5.74) is 3.13. The van der Waals surface area contributed by atoms with Gasteiger partial charge >= 0.3 is 0 Å². The Bertz CT molecular complexity index is 285. The average molecular weight is 248 g/mol. The molecular formula is C16H28N2. The summed E-state index contributed by atoms with van der Waals surface area (Å²) in [6, 6.07) is 0.604. The number of hydrazine groups is 1. The first-order valence-corrected chi connectivity index (χ1v) is 7.94. The lowest BCUT2D eigenvalue weighted by Crippen LogP contribution is -2.38. The van der Waals surface area contributed by atoms with E-state index < -0.39 is 0 Å². The quantitative estimate of drug-likeness (QED) is 0.299. The largest absolute Gasteiger partial charge is 0.271 e. The SMILES string of the molecule is C=CCCCCCC(NN)C1C2C3CCC(C3)C21. The van der Waals surface area contributed by atoms with Crippen molar-refractivity contribution in [1.82, 2.24) is 5.43 Å². The van der Waals surface area contributed by atoms with E-state index in [-0.39, 0.29) is 0 Å². The minimum atomic E-state index is 0.604. The van der Waals surface area contributed by atoms with Crippen LogP contribution in [0, 0.1) is 29.6 Å². The minimum absolute atomic E-state index is 0.604. The van der Waals surface area contributed by atoms with Gasteiger partial charge in [0.05, 0.1) is 0 Å². The number of hydrogen-bond donors (Lipinski definition) is 2. The molecule has 0 heterocycles. The Balaban J connectivity index is 1.42. The molecule has 0 aromatic rings. The first-order chi connectivity index (χ1) is 8.86. The molecule has 0 aromatic carbocycles. The van der Waals surface area contributed by atoms with Gasteiger partial charge in [-0.1, -0.05) is 18.9 Å². The van der Waals surface area contributed by atoms with Gasteiger partial charge in [0.2, 0.25) is 0 Å². The first-order valence-electron chi connectivity index (χ1n) is 7.94. The molecular weight excluding hydrogens is 220 g/mol. The Hall–Kier alpha value is -0.340. The summed E-state index contributed by atoms with van der Waals surface area (Å²) in [4.78, 5) is 0. The molecule has 102 valence electrons. The van der Waals surface area contributed by atoms with E-state index in [4.69, 9.17) is 5.84 Å². The Labute approximate surface area is 111 Å². The molecule has 0 spiro atoms. The molecule has 3 fully saturated rings. The topological polar surface area (TPSA) is 38.0 Å². The molecule has 0 radical (unpaired) electrons. The van der Waals surface area contributed by atoms with Gasteiger partial charge in [-0.05, 0) is 68.1 Å². The van der Waals surface area contributed by atoms with Crippen molar-refractivity contribution >= 4 is 0 Å². The molecule has 0 saturated heterocycles. The van der Waals surface area contributed by atoms with E-state index in [9.17, 15) is 0 Å². The maximum atomic E-state index is 5.80. The molecule has 3 aliphatic carbocycles. The number of fused-ring (bicyclic) bond motifs is 5. The molecule has 3 N–H and O–H groups in total. The number of allylic oxidation sites excluding steroid dienone is 1. The van der Waals surface area contributed by atoms with Crippen molar-refractivity contribution in [2.45, 2.75) is 57.4 Å². The number of nitrogens with one attached hydrogen (secondary N) is 1. The third-order valence-corrected chi connectivity index (χ3v) is 5.90. The predicted molar refractivity (Wildman–Crippen MR) is 75.7 cm³/mol. The Morgan fingerprint density at radius 3 is 2.50 bits per heavy atom. The van der Waals surface area contributed by atoms with Crippen LogP contribution in [0.3, 0.4) is 0 Å². The summed E-state index contributed by atoms with van der Waals surface area (Å²) in [7, 11) is 0. The van der Waals surface area contributed by atoms with Gasteiger partial charge in [-0.2, -0.15) is 0 Å². The molecule has 2 bridgehead atoms. The predicted octanol–water partition coefficient (Wildman–Crippen LogP) is 3.25. The zero-order valence-electron chi connectivity index (χ0n) is 11.5. The summed E-state index contributed by atoms with van der Waals surface area (Å²) in [5, 5.41) is 0. The van der Waals surface area contributed by atoms with Gasteiger partial charge in [-0.15, -0.1) is 6.58 Å². The molecule has 0 aromatic heterocycles. The number of unbranched alkanes of at least 4 members (excludes halogenated alkanes) is 3. The standard InChI is InChI=1S/C16H28N2/c1-2-3-4-5-6-7-13(18-17)16-14-11-8-9-12(10-11)15(14)16/h2,11-16,18H,1,3-10,17H2. The van der Waals surface area contributed by atoms with E-state index in [2.05, 4.69) is 12.0 Å². The third-order valence-electron chi connectivity index (χ3n) is 5.90. The van der Waals surface area contributed by atoms with E-state index >= 15 is 0 Å². The second-order valence-corrected chi connectivity index (χ2v) is 6.77. The fraction of sp³-hybridized carbons (Fsp3) is 0.875. The van der Waals surface area contributed by atoms with Crippen LogP contribution >= 0.6 is 0 Å². The Kier molecular flexibility index (Phi) is 3.76. The van der Waals surface area contributed by atoms with Crippen molar-refractivity contribution in [2.24, 2.45) is 35.4 Å². The van der Waals surface area contributed by atoms with Crippen LogP contribution in [0.25, 0.3) is 0 Å². The monoisotopic (exact) mass is 248 g/mol. The van der Waals surface area contributed by atoms with Crippen LogP contribution in [-0.2, 0) is 0 Å². The molecule has 3 rings (SSSR count). The van der Waals surface area contributed by atoms with Crippen LogP contribution in [-0.4, -0.2) is 6.04 Å². The highest BCUT2D eigenvalue weighted by molar-refractivity contribution is 5.15. The normalized spacial score (nSPS) is 41.7. The lowest BCUT2D eigenvalue weighted by molar-refractivity contribution is 0.344. The maximum Gasteiger partial charge on any atom is 0.0244 e. The van der Waals surface area contributed by atoms with E-state index in [1.807, 2.05) is 6.08 Å². The van der Waals surface area contributed by atoms with Crippen LogP contribution in [0.5, 0.6) is 0 Å². The lowest BCUT2D eigenvalue weighted by Gasteiger charge is -2.19. The molecule has 0 aliphatic heterocycles. The van der Waals surface area contributed by atoms with Crippen molar-refractivity contribution in [1.29, 1.82) is 0 Å². The van der Waals surface area contributed by atoms with Crippen LogP contribution < -0.4 is 11.3 Å². The van der Waals surface area contributed by atoms with Crippen LogP contribution in [0.15, 0.2) is 12.7 Å². The van der Waals surface area contributed by atoms with Crippen LogP contribution in [0.4, 0.5) is 0 Å². The molecule has 2 heteroatoms.